The number of rotatable bonds is 2. The van der Waals surface area contributed by atoms with Crippen LogP contribution < -0.4 is 0 Å². The summed E-state index contributed by atoms with van der Waals surface area (Å²) in [7, 11) is 0. The first-order valence-electron chi connectivity index (χ1n) is 7.30. The molecular formula is C18H26O2. The van der Waals surface area contributed by atoms with Gasteiger partial charge < -0.3 is 10.2 Å². The molecule has 0 saturated heterocycles. The lowest BCUT2D eigenvalue weighted by atomic mass is 9.78. The maximum absolute atomic E-state index is 10.8. The number of hydrogen-bond donors (Lipinski definition) is 2. The van der Waals surface area contributed by atoms with Gasteiger partial charge in [0.15, 0.2) is 0 Å². The summed E-state index contributed by atoms with van der Waals surface area (Å²) in [5, 5.41) is 21.3. The second-order valence-electron chi connectivity index (χ2n) is 6.92. The van der Waals surface area contributed by atoms with Crippen LogP contribution in [0, 0.1) is 19.8 Å². The zero-order valence-electron chi connectivity index (χ0n) is 13.4. The summed E-state index contributed by atoms with van der Waals surface area (Å²) in [5.74, 6) is -0.128. The highest BCUT2D eigenvalue weighted by Gasteiger charge is 2.47. The zero-order chi connectivity index (χ0) is 15.2. The van der Waals surface area contributed by atoms with Crippen molar-refractivity contribution in [1.82, 2.24) is 0 Å². The molecule has 0 fully saturated rings. The lowest BCUT2D eigenvalue weighted by molar-refractivity contribution is -0.0449. The third-order valence-electron chi connectivity index (χ3n) is 4.41. The molecule has 1 aromatic rings. The molecule has 3 unspecified atom stereocenters. The average Bonchev–Trinajstić information content (AvgIpc) is 2.57. The molecule has 2 N–H and O–H groups in total. The van der Waals surface area contributed by atoms with Crippen LogP contribution in [0.15, 0.2) is 23.8 Å². The fourth-order valence-electron chi connectivity index (χ4n) is 3.62. The quantitative estimate of drug-likeness (QED) is 0.806. The van der Waals surface area contributed by atoms with Crippen LogP contribution >= 0.6 is 0 Å². The summed E-state index contributed by atoms with van der Waals surface area (Å²) in [6, 6.07) is 4.17. The van der Waals surface area contributed by atoms with Crippen LogP contribution in [0.5, 0.6) is 0 Å². The van der Waals surface area contributed by atoms with Crippen molar-refractivity contribution in [2.75, 3.05) is 0 Å². The SMILES string of the molecule is CC(C)=CC1c2c(C)ccc(C)c2C(O)C1C(C)(C)O. The molecule has 0 radical (unpaired) electrons. The van der Waals surface area contributed by atoms with Crippen molar-refractivity contribution in [2.24, 2.45) is 5.92 Å². The van der Waals surface area contributed by atoms with Gasteiger partial charge in [-0.15, -0.1) is 0 Å². The number of hydrogen-bond acceptors (Lipinski definition) is 2. The normalized spacial score (nSPS) is 25.5. The topological polar surface area (TPSA) is 40.5 Å². The first-order chi connectivity index (χ1) is 9.14. The van der Waals surface area contributed by atoms with E-state index >= 15 is 0 Å². The highest BCUT2D eigenvalue weighted by atomic mass is 16.3. The van der Waals surface area contributed by atoms with Crippen molar-refractivity contribution < 1.29 is 10.2 Å². The van der Waals surface area contributed by atoms with Crippen LogP contribution in [0.1, 0.15) is 62.0 Å². The van der Waals surface area contributed by atoms with Crippen molar-refractivity contribution in [3.8, 4) is 0 Å². The predicted molar refractivity (Wildman–Crippen MR) is 82.8 cm³/mol. The van der Waals surface area contributed by atoms with Gasteiger partial charge in [0.2, 0.25) is 0 Å². The Kier molecular flexibility index (Phi) is 3.83. The van der Waals surface area contributed by atoms with Crippen LogP contribution in [0.25, 0.3) is 0 Å². The van der Waals surface area contributed by atoms with Crippen LogP contribution in [0.3, 0.4) is 0 Å². The van der Waals surface area contributed by atoms with E-state index in [1.54, 1.807) is 13.8 Å². The van der Waals surface area contributed by atoms with Gasteiger partial charge in [-0.3, -0.25) is 0 Å². The van der Waals surface area contributed by atoms with Gasteiger partial charge in [0.05, 0.1) is 11.7 Å². The van der Waals surface area contributed by atoms with Crippen LogP contribution in [0.4, 0.5) is 0 Å². The lowest BCUT2D eigenvalue weighted by Gasteiger charge is -2.32. The van der Waals surface area contributed by atoms with E-state index in [2.05, 4.69) is 39.0 Å². The van der Waals surface area contributed by atoms with E-state index in [9.17, 15) is 10.2 Å². The molecule has 0 saturated carbocycles. The Labute approximate surface area is 122 Å². The Balaban J connectivity index is 2.70. The van der Waals surface area contributed by atoms with E-state index in [1.807, 2.05) is 6.92 Å². The molecule has 2 nitrogen and oxygen atoms in total. The fourth-order valence-corrected chi connectivity index (χ4v) is 3.62. The number of benzene rings is 1. The van der Waals surface area contributed by atoms with Gasteiger partial charge in [-0.25, -0.2) is 0 Å². The Morgan fingerprint density at radius 3 is 2.05 bits per heavy atom. The molecule has 20 heavy (non-hydrogen) atoms. The Hall–Kier alpha value is -1.12. The van der Waals surface area contributed by atoms with Crippen LogP contribution in [0.2, 0.25) is 0 Å². The standard InChI is InChI=1S/C18H26O2/c1-10(2)9-13-14-11(3)7-8-12(4)15(14)17(19)16(13)18(5,6)20/h7-9,13,16-17,19-20H,1-6H3. The maximum atomic E-state index is 10.8. The zero-order valence-corrected chi connectivity index (χ0v) is 13.4. The van der Waals surface area contributed by atoms with Crippen LogP contribution in [-0.2, 0) is 0 Å². The highest BCUT2D eigenvalue weighted by Crippen LogP contribution is 2.52. The molecule has 3 atom stereocenters. The molecule has 2 rings (SSSR count). The summed E-state index contributed by atoms with van der Waals surface area (Å²) in [6.07, 6.45) is 1.58. The van der Waals surface area contributed by atoms with Crippen molar-refractivity contribution in [1.29, 1.82) is 0 Å². The predicted octanol–water partition coefficient (Wildman–Crippen LogP) is 3.79. The fraction of sp³-hybridized carbons (Fsp3) is 0.556. The summed E-state index contributed by atoms with van der Waals surface area (Å²) in [6.45, 7) is 11.8. The largest absolute Gasteiger partial charge is 0.390 e. The average molecular weight is 274 g/mol. The second kappa shape index (κ2) is 5.01. The van der Waals surface area contributed by atoms with Gasteiger partial charge in [0.1, 0.15) is 0 Å². The molecule has 1 aliphatic carbocycles. The molecule has 110 valence electrons. The second-order valence-corrected chi connectivity index (χ2v) is 6.92. The molecule has 0 spiro atoms. The van der Waals surface area contributed by atoms with E-state index in [4.69, 9.17) is 0 Å². The minimum atomic E-state index is -0.923. The third-order valence-corrected chi connectivity index (χ3v) is 4.41. The molecule has 0 aromatic heterocycles. The maximum Gasteiger partial charge on any atom is 0.0859 e. The smallest absolute Gasteiger partial charge is 0.0859 e. The molecular weight excluding hydrogens is 248 g/mol. The van der Waals surface area contributed by atoms with E-state index in [0.29, 0.717) is 0 Å². The monoisotopic (exact) mass is 274 g/mol. The van der Waals surface area contributed by atoms with Crippen molar-refractivity contribution in [2.45, 2.75) is 59.2 Å². The van der Waals surface area contributed by atoms with Crippen molar-refractivity contribution in [3.63, 3.8) is 0 Å². The summed E-state index contributed by atoms with van der Waals surface area (Å²) in [5.41, 5.74) is 4.81. The van der Waals surface area contributed by atoms with E-state index < -0.39 is 11.7 Å². The Morgan fingerprint density at radius 2 is 1.60 bits per heavy atom. The van der Waals surface area contributed by atoms with E-state index in [1.165, 1.54) is 16.7 Å². The van der Waals surface area contributed by atoms with Crippen molar-refractivity contribution in [3.05, 3.63) is 46.0 Å². The Morgan fingerprint density at radius 1 is 1.10 bits per heavy atom. The Bertz CT molecular complexity index is 545. The summed E-state index contributed by atoms with van der Waals surface area (Å²) < 4.78 is 0. The number of aliphatic hydroxyl groups is 2. The molecule has 0 amide bonds. The van der Waals surface area contributed by atoms with E-state index in [-0.39, 0.29) is 11.8 Å². The van der Waals surface area contributed by atoms with Gasteiger partial charge in [-0.05, 0) is 63.8 Å². The minimum absolute atomic E-state index is 0.0740. The highest BCUT2D eigenvalue weighted by molar-refractivity contribution is 5.51. The number of aliphatic hydroxyl groups excluding tert-OH is 1. The first kappa shape index (κ1) is 15.3. The van der Waals surface area contributed by atoms with Gasteiger partial charge in [-0.1, -0.05) is 23.8 Å². The third kappa shape index (κ3) is 2.43. The molecule has 0 bridgehead atoms. The molecule has 2 heteroatoms. The molecule has 0 heterocycles. The van der Waals surface area contributed by atoms with Gasteiger partial charge in [0.25, 0.3) is 0 Å². The first-order valence-corrected chi connectivity index (χ1v) is 7.30. The van der Waals surface area contributed by atoms with Crippen molar-refractivity contribution >= 4 is 0 Å². The van der Waals surface area contributed by atoms with E-state index in [0.717, 1.165) is 11.1 Å². The van der Waals surface area contributed by atoms with Crippen LogP contribution in [-0.4, -0.2) is 15.8 Å². The molecule has 1 aromatic carbocycles. The lowest BCUT2D eigenvalue weighted by Crippen LogP contribution is -2.35. The minimum Gasteiger partial charge on any atom is -0.390 e. The summed E-state index contributed by atoms with van der Waals surface area (Å²) >= 11 is 0. The van der Waals surface area contributed by atoms with Gasteiger partial charge in [0, 0.05) is 11.8 Å². The van der Waals surface area contributed by atoms with Gasteiger partial charge >= 0.3 is 0 Å². The molecule has 1 aliphatic rings. The number of aryl methyl sites for hydroxylation is 2. The number of allylic oxidation sites excluding steroid dienone is 2. The number of fused-ring (bicyclic) bond motifs is 1. The molecule has 0 aliphatic heterocycles. The summed E-state index contributed by atoms with van der Waals surface area (Å²) in [4.78, 5) is 0. The van der Waals surface area contributed by atoms with Gasteiger partial charge in [-0.2, -0.15) is 0 Å².